The number of hydrogen-bond donors (Lipinski definition) is 1. The van der Waals surface area contributed by atoms with E-state index in [1.807, 2.05) is 18.5 Å². The van der Waals surface area contributed by atoms with Gasteiger partial charge in [0.05, 0.1) is 0 Å². The quantitative estimate of drug-likeness (QED) is 0.843. The zero-order chi connectivity index (χ0) is 11.4. The third-order valence-electron chi connectivity index (χ3n) is 3.60. The van der Waals surface area contributed by atoms with E-state index in [2.05, 4.69) is 22.9 Å². The van der Waals surface area contributed by atoms with Crippen LogP contribution in [-0.2, 0) is 0 Å². The summed E-state index contributed by atoms with van der Waals surface area (Å²) in [5.41, 5.74) is 7.07. The van der Waals surface area contributed by atoms with Gasteiger partial charge in [-0.3, -0.25) is 9.88 Å². The lowest BCUT2D eigenvalue weighted by Gasteiger charge is -2.36. The monoisotopic (exact) mass is 219 g/mol. The highest BCUT2D eigenvalue weighted by Crippen LogP contribution is 2.25. The molecular formula is C13H21N3. The number of rotatable bonds is 3. The lowest BCUT2D eigenvalue weighted by molar-refractivity contribution is 0.134. The van der Waals surface area contributed by atoms with Crippen LogP contribution in [0.2, 0.25) is 0 Å². The number of piperidine rings is 1. The number of hydrogen-bond acceptors (Lipinski definition) is 3. The number of aromatic nitrogens is 1. The Balaban J connectivity index is 2.01. The van der Waals surface area contributed by atoms with Crippen LogP contribution in [-0.4, -0.2) is 29.5 Å². The highest BCUT2D eigenvalue weighted by atomic mass is 15.2. The van der Waals surface area contributed by atoms with Gasteiger partial charge >= 0.3 is 0 Å². The fraction of sp³-hybridized carbons (Fsp3) is 0.615. The summed E-state index contributed by atoms with van der Waals surface area (Å²) in [6.07, 6.45) is 6.35. The molecule has 1 fully saturated rings. The molecule has 1 saturated heterocycles. The zero-order valence-corrected chi connectivity index (χ0v) is 9.97. The van der Waals surface area contributed by atoms with Gasteiger partial charge in [0.2, 0.25) is 0 Å². The maximum absolute atomic E-state index is 5.77. The van der Waals surface area contributed by atoms with E-state index in [1.165, 1.54) is 24.9 Å². The lowest BCUT2D eigenvalue weighted by Crippen LogP contribution is -2.39. The van der Waals surface area contributed by atoms with Gasteiger partial charge < -0.3 is 5.73 Å². The molecule has 0 saturated carbocycles. The molecule has 0 aromatic carbocycles. The van der Waals surface area contributed by atoms with Gasteiger partial charge in [0, 0.05) is 25.0 Å². The van der Waals surface area contributed by atoms with Crippen LogP contribution in [0.15, 0.2) is 24.5 Å². The van der Waals surface area contributed by atoms with Crippen LogP contribution in [0.4, 0.5) is 0 Å². The molecule has 0 radical (unpaired) electrons. The van der Waals surface area contributed by atoms with Gasteiger partial charge in [-0.2, -0.15) is 0 Å². The standard InChI is InChI=1S/C13H21N3/c1-11(13-5-2-6-15-9-13)16-7-3-4-12(8-14)10-16/h2,5-6,9,11-12H,3-4,7-8,10,14H2,1H3. The minimum Gasteiger partial charge on any atom is -0.330 e. The van der Waals surface area contributed by atoms with E-state index in [0.717, 1.165) is 13.1 Å². The normalized spacial score (nSPS) is 24.2. The van der Waals surface area contributed by atoms with Gasteiger partial charge in [0.15, 0.2) is 0 Å². The van der Waals surface area contributed by atoms with Crippen molar-refractivity contribution in [3.63, 3.8) is 0 Å². The number of pyridine rings is 1. The molecule has 88 valence electrons. The highest BCUT2D eigenvalue weighted by Gasteiger charge is 2.23. The smallest absolute Gasteiger partial charge is 0.0335 e. The Hall–Kier alpha value is -0.930. The maximum atomic E-state index is 5.77. The molecule has 2 rings (SSSR count). The fourth-order valence-electron chi connectivity index (χ4n) is 2.48. The van der Waals surface area contributed by atoms with Gasteiger partial charge in [0.25, 0.3) is 0 Å². The van der Waals surface area contributed by atoms with Crippen molar-refractivity contribution in [2.24, 2.45) is 11.7 Å². The SMILES string of the molecule is CC(c1cccnc1)N1CCCC(CN)C1. The van der Waals surface area contributed by atoms with Crippen molar-refractivity contribution in [2.45, 2.75) is 25.8 Å². The van der Waals surface area contributed by atoms with Crippen molar-refractivity contribution in [1.82, 2.24) is 9.88 Å². The molecule has 3 heteroatoms. The molecule has 1 aliphatic heterocycles. The molecule has 16 heavy (non-hydrogen) atoms. The van der Waals surface area contributed by atoms with Crippen molar-refractivity contribution in [3.8, 4) is 0 Å². The first-order valence-corrected chi connectivity index (χ1v) is 6.15. The van der Waals surface area contributed by atoms with Crippen molar-refractivity contribution >= 4 is 0 Å². The fourth-order valence-corrected chi connectivity index (χ4v) is 2.48. The Morgan fingerprint density at radius 3 is 3.19 bits per heavy atom. The van der Waals surface area contributed by atoms with E-state index in [-0.39, 0.29) is 0 Å². The maximum Gasteiger partial charge on any atom is 0.0335 e. The summed E-state index contributed by atoms with van der Waals surface area (Å²) in [4.78, 5) is 6.71. The van der Waals surface area contributed by atoms with Crippen LogP contribution < -0.4 is 5.73 Å². The Morgan fingerprint density at radius 2 is 2.50 bits per heavy atom. The number of likely N-dealkylation sites (tertiary alicyclic amines) is 1. The first kappa shape index (κ1) is 11.6. The predicted molar refractivity (Wildman–Crippen MR) is 66.0 cm³/mol. The van der Waals surface area contributed by atoms with Gasteiger partial charge in [-0.1, -0.05) is 6.07 Å². The van der Waals surface area contributed by atoms with E-state index in [0.29, 0.717) is 12.0 Å². The summed E-state index contributed by atoms with van der Waals surface area (Å²) in [6.45, 7) is 5.39. The molecule has 1 aromatic heterocycles. The third kappa shape index (κ3) is 2.60. The largest absolute Gasteiger partial charge is 0.330 e. The average molecular weight is 219 g/mol. The van der Waals surface area contributed by atoms with Crippen LogP contribution in [0.5, 0.6) is 0 Å². The van der Waals surface area contributed by atoms with E-state index in [9.17, 15) is 0 Å². The first-order chi connectivity index (χ1) is 7.81. The molecule has 0 amide bonds. The second kappa shape index (κ2) is 5.41. The summed E-state index contributed by atoms with van der Waals surface area (Å²) < 4.78 is 0. The number of nitrogens with two attached hydrogens (primary N) is 1. The van der Waals surface area contributed by atoms with Crippen LogP contribution in [0.1, 0.15) is 31.4 Å². The molecule has 2 N–H and O–H groups in total. The highest BCUT2D eigenvalue weighted by molar-refractivity contribution is 5.13. The molecule has 3 nitrogen and oxygen atoms in total. The topological polar surface area (TPSA) is 42.2 Å². The van der Waals surface area contributed by atoms with Crippen molar-refractivity contribution in [2.75, 3.05) is 19.6 Å². The van der Waals surface area contributed by atoms with E-state index < -0.39 is 0 Å². The molecule has 2 atom stereocenters. The van der Waals surface area contributed by atoms with Crippen LogP contribution in [0, 0.1) is 5.92 Å². The molecule has 0 bridgehead atoms. The third-order valence-corrected chi connectivity index (χ3v) is 3.60. The molecule has 0 spiro atoms. The van der Waals surface area contributed by atoms with Gasteiger partial charge in [-0.15, -0.1) is 0 Å². The lowest BCUT2D eigenvalue weighted by atomic mass is 9.96. The molecular weight excluding hydrogens is 198 g/mol. The zero-order valence-electron chi connectivity index (χ0n) is 9.97. The summed E-state index contributed by atoms with van der Waals surface area (Å²) in [6, 6.07) is 4.63. The minimum absolute atomic E-state index is 0.461. The van der Waals surface area contributed by atoms with Crippen LogP contribution in [0.3, 0.4) is 0 Å². The average Bonchev–Trinajstić information content (AvgIpc) is 2.39. The molecule has 2 unspecified atom stereocenters. The second-order valence-corrected chi connectivity index (χ2v) is 4.70. The van der Waals surface area contributed by atoms with Gasteiger partial charge in [0.1, 0.15) is 0 Å². The van der Waals surface area contributed by atoms with Crippen molar-refractivity contribution in [3.05, 3.63) is 30.1 Å². The Kier molecular flexibility index (Phi) is 3.91. The molecule has 2 heterocycles. The molecule has 1 aliphatic rings. The van der Waals surface area contributed by atoms with Crippen LogP contribution >= 0.6 is 0 Å². The summed E-state index contributed by atoms with van der Waals surface area (Å²) >= 11 is 0. The second-order valence-electron chi connectivity index (χ2n) is 4.70. The Morgan fingerprint density at radius 1 is 1.62 bits per heavy atom. The predicted octanol–water partition coefficient (Wildman–Crippen LogP) is 1.81. The minimum atomic E-state index is 0.461. The van der Waals surface area contributed by atoms with Gasteiger partial charge in [-0.25, -0.2) is 0 Å². The van der Waals surface area contributed by atoms with E-state index in [1.54, 1.807) is 0 Å². The van der Waals surface area contributed by atoms with Crippen LogP contribution in [0.25, 0.3) is 0 Å². The Bertz CT molecular complexity index is 312. The number of nitrogens with zero attached hydrogens (tertiary/aromatic N) is 2. The van der Waals surface area contributed by atoms with E-state index >= 15 is 0 Å². The van der Waals surface area contributed by atoms with Gasteiger partial charge in [-0.05, 0) is 50.4 Å². The van der Waals surface area contributed by atoms with Crippen molar-refractivity contribution < 1.29 is 0 Å². The summed E-state index contributed by atoms with van der Waals surface area (Å²) in [5, 5.41) is 0. The molecule has 1 aromatic rings. The van der Waals surface area contributed by atoms with Crippen molar-refractivity contribution in [1.29, 1.82) is 0 Å². The first-order valence-electron chi connectivity index (χ1n) is 6.15. The Labute approximate surface area is 97.7 Å². The summed E-state index contributed by atoms with van der Waals surface area (Å²) in [5.74, 6) is 0.674. The summed E-state index contributed by atoms with van der Waals surface area (Å²) in [7, 11) is 0. The van der Waals surface area contributed by atoms with E-state index in [4.69, 9.17) is 5.73 Å². The molecule has 0 aliphatic carbocycles.